The molecule has 3 rings (SSSR count). The van der Waals surface area contributed by atoms with Gasteiger partial charge in [0.1, 0.15) is 0 Å². The molecule has 1 aliphatic carbocycles. The first-order valence-electron chi connectivity index (χ1n) is 6.30. The molecule has 5 heteroatoms. The number of nitrogens with zero attached hydrogens (tertiary/aromatic N) is 1. The topological polar surface area (TPSA) is 69.8 Å². The predicted molar refractivity (Wildman–Crippen MR) is 64.6 cm³/mol. The van der Waals surface area contributed by atoms with Crippen molar-refractivity contribution in [2.45, 2.75) is 32.2 Å². The molecule has 1 aromatic heterocycles. The summed E-state index contributed by atoms with van der Waals surface area (Å²) in [6.07, 6.45) is 3.71. The molecule has 0 radical (unpaired) electrons. The summed E-state index contributed by atoms with van der Waals surface area (Å²) >= 11 is 0. The first-order valence-corrected chi connectivity index (χ1v) is 6.30. The van der Waals surface area contributed by atoms with Crippen LogP contribution in [0.3, 0.4) is 0 Å². The Kier molecular flexibility index (Phi) is 2.63. The Morgan fingerprint density at radius 1 is 1.53 bits per heavy atom. The van der Waals surface area contributed by atoms with Crippen LogP contribution in [0.5, 0.6) is 0 Å². The quantitative estimate of drug-likeness (QED) is 0.716. The van der Waals surface area contributed by atoms with Gasteiger partial charge in [-0.25, -0.2) is 0 Å². The number of hydrogen-bond acceptors (Lipinski definition) is 3. The van der Waals surface area contributed by atoms with Crippen molar-refractivity contribution in [1.29, 1.82) is 0 Å². The predicted octanol–water partition coefficient (Wildman–Crippen LogP) is 1.04. The lowest BCUT2D eigenvalue weighted by atomic mass is 9.94. The van der Waals surface area contributed by atoms with Gasteiger partial charge in [0.05, 0.1) is 6.04 Å². The Labute approximate surface area is 100 Å². The van der Waals surface area contributed by atoms with Gasteiger partial charge in [0.25, 0.3) is 0 Å². The summed E-state index contributed by atoms with van der Waals surface area (Å²) in [5, 5.41) is 13.1. The molecule has 1 saturated heterocycles. The molecule has 1 aliphatic heterocycles. The van der Waals surface area contributed by atoms with Crippen molar-refractivity contribution in [2.75, 3.05) is 11.9 Å². The van der Waals surface area contributed by atoms with Crippen LogP contribution in [0.2, 0.25) is 0 Å². The van der Waals surface area contributed by atoms with Gasteiger partial charge in [-0.1, -0.05) is 6.42 Å². The number of H-pyrrole nitrogens is 1. The van der Waals surface area contributed by atoms with E-state index in [0.717, 1.165) is 12.2 Å². The lowest BCUT2D eigenvalue weighted by Crippen LogP contribution is -2.39. The highest BCUT2D eigenvalue weighted by atomic mass is 16.2. The molecule has 17 heavy (non-hydrogen) atoms. The molecule has 0 spiro atoms. The summed E-state index contributed by atoms with van der Waals surface area (Å²) in [5.74, 6) is 1.91. The fraction of sp³-hybridized carbons (Fsp3) is 0.667. The van der Waals surface area contributed by atoms with Gasteiger partial charge in [-0.15, -0.1) is 0 Å². The van der Waals surface area contributed by atoms with Gasteiger partial charge in [-0.3, -0.25) is 9.89 Å². The number of fused-ring (bicyclic) bond motifs is 1. The van der Waals surface area contributed by atoms with Gasteiger partial charge in [0.15, 0.2) is 5.82 Å². The van der Waals surface area contributed by atoms with E-state index in [1.807, 2.05) is 13.0 Å². The molecule has 0 aromatic carbocycles. The molecular formula is C12H18N4O. The maximum Gasteiger partial charge on any atom is 0.243 e. The monoisotopic (exact) mass is 234 g/mol. The fourth-order valence-corrected chi connectivity index (χ4v) is 3.16. The number of amides is 1. The molecule has 3 N–H and O–H groups in total. The molecule has 2 fully saturated rings. The van der Waals surface area contributed by atoms with E-state index >= 15 is 0 Å². The molecule has 5 nitrogen and oxygen atoms in total. The Bertz CT molecular complexity index is 428. The van der Waals surface area contributed by atoms with Crippen molar-refractivity contribution in [3.63, 3.8) is 0 Å². The standard InChI is InChI=1S/C12H18N4O/c1-7-5-10(16-15-7)14-12(17)11-9-4-2-3-8(9)6-13-11/h5,8-9,11,13H,2-4,6H2,1H3,(H2,14,15,16,17). The van der Waals surface area contributed by atoms with E-state index in [1.165, 1.54) is 19.3 Å². The third kappa shape index (κ3) is 1.95. The van der Waals surface area contributed by atoms with Crippen molar-refractivity contribution in [1.82, 2.24) is 15.5 Å². The summed E-state index contributed by atoms with van der Waals surface area (Å²) in [6, 6.07) is 1.82. The molecule has 1 saturated carbocycles. The van der Waals surface area contributed by atoms with E-state index in [2.05, 4.69) is 20.8 Å². The number of aromatic nitrogens is 2. The average molecular weight is 234 g/mol. The Hall–Kier alpha value is -1.36. The number of rotatable bonds is 2. The van der Waals surface area contributed by atoms with Gasteiger partial charge in [0.2, 0.25) is 5.91 Å². The second-order valence-corrected chi connectivity index (χ2v) is 5.17. The fourth-order valence-electron chi connectivity index (χ4n) is 3.16. The third-order valence-electron chi connectivity index (χ3n) is 3.99. The lowest BCUT2D eigenvalue weighted by Gasteiger charge is -2.16. The number of carbonyl (C=O) groups is 1. The van der Waals surface area contributed by atoms with Crippen LogP contribution in [-0.2, 0) is 4.79 Å². The average Bonchev–Trinajstić information content (AvgIpc) is 2.93. The molecule has 1 aromatic rings. The first kappa shape index (κ1) is 10.8. The molecule has 2 heterocycles. The van der Waals surface area contributed by atoms with Crippen LogP contribution in [0.4, 0.5) is 5.82 Å². The Balaban J connectivity index is 1.66. The van der Waals surface area contributed by atoms with Crippen LogP contribution < -0.4 is 10.6 Å². The second-order valence-electron chi connectivity index (χ2n) is 5.17. The van der Waals surface area contributed by atoms with Crippen molar-refractivity contribution >= 4 is 11.7 Å². The van der Waals surface area contributed by atoms with Gasteiger partial charge < -0.3 is 10.6 Å². The zero-order valence-corrected chi connectivity index (χ0v) is 9.99. The van der Waals surface area contributed by atoms with Gasteiger partial charge in [-0.05, 0) is 38.1 Å². The Morgan fingerprint density at radius 3 is 3.18 bits per heavy atom. The molecular weight excluding hydrogens is 216 g/mol. The van der Waals surface area contributed by atoms with Crippen molar-refractivity contribution in [3.05, 3.63) is 11.8 Å². The maximum absolute atomic E-state index is 12.1. The minimum absolute atomic E-state index is 0.0282. The van der Waals surface area contributed by atoms with Gasteiger partial charge >= 0.3 is 0 Å². The maximum atomic E-state index is 12.1. The second kappa shape index (κ2) is 4.14. The normalized spacial score (nSPS) is 31.5. The van der Waals surface area contributed by atoms with Crippen LogP contribution in [-0.4, -0.2) is 28.7 Å². The number of aryl methyl sites for hydroxylation is 1. The zero-order chi connectivity index (χ0) is 11.8. The number of nitrogens with one attached hydrogen (secondary N) is 3. The summed E-state index contributed by atoms with van der Waals surface area (Å²) in [7, 11) is 0. The van der Waals surface area contributed by atoms with Crippen LogP contribution in [0.25, 0.3) is 0 Å². The highest BCUT2D eigenvalue weighted by molar-refractivity contribution is 5.94. The summed E-state index contributed by atoms with van der Waals surface area (Å²) in [6.45, 7) is 2.91. The van der Waals surface area contributed by atoms with Crippen molar-refractivity contribution in [3.8, 4) is 0 Å². The van der Waals surface area contributed by atoms with Crippen LogP contribution in [0, 0.1) is 18.8 Å². The van der Waals surface area contributed by atoms with E-state index in [1.54, 1.807) is 0 Å². The highest BCUT2D eigenvalue weighted by Gasteiger charge is 2.42. The van der Waals surface area contributed by atoms with Crippen LogP contribution in [0.1, 0.15) is 25.0 Å². The summed E-state index contributed by atoms with van der Waals surface area (Å²) in [4.78, 5) is 12.1. The highest BCUT2D eigenvalue weighted by Crippen LogP contribution is 2.37. The number of anilines is 1. The first-order chi connectivity index (χ1) is 8.24. The van der Waals surface area contributed by atoms with Gasteiger partial charge in [0, 0.05) is 11.8 Å². The van der Waals surface area contributed by atoms with Crippen molar-refractivity contribution < 1.29 is 4.79 Å². The van der Waals surface area contributed by atoms with E-state index in [9.17, 15) is 4.79 Å². The number of hydrogen-bond donors (Lipinski definition) is 3. The lowest BCUT2D eigenvalue weighted by molar-refractivity contribution is -0.118. The van der Waals surface area contributed by atoms with E-state index in [4.69, 9.17) is 0 Å². The smallest absolute Gasteiger partial charge is 0.243 e. The molecule has 2 aliphatic rings. The minimum Gasteiger partial charge on any atom is -0.308 e. The van der Waals surface area contributed by atoms with E-state index in [0.29, 0.717) is 17.7 Å². The third-order valence-corrected chi connectivity index (χ3v) is 3.99. The minimum atomic E-state index is -0.0282. The molecule has 3 unspecified atom stereocenters. The summed E-state index contributed by atoms with van der Waals surface area (Å²) < 4.78 is 0. The largest absolute Gasteiger partial charge is 0.308 e. The molecule has 3 atom stereocenters. The molecule has 92 valence electrons. The van der Waals surface area contributed by atoms with Crippen LogP contribution >= 0.6 is 0 Å². The SMILES string of the molecule is Cc1cc(NC(=O)C2NCC3CCCC32)n[nH]1. The number of aromatic amines is 1. The Morgan fingerprint density at radius 2 is 2.41 bits per heavy atom. The number of carbonyl (C=O) groups excluding carboxylic acids is 1. The van der Waals surface area contributed by atoms with E-state index < -0.39 is 0 Å². The summed E-state index contributed by atoms with van der Waals surface area (Å²) in [5.41, 5.74) is 0.957. The zero-order valence-electron chi connectivity index (χ0n) is 9.99. The van der Waals surface area contributed by atoms with Crippen LogP contribution in [0.15, 0.2) is 6.07 Å². The van der Waals surface area contributed by atoms with E-state index in [-0.39, 0.29) is 11.9 Å². The molecule has 0 bridgehead atoms. The van der Waals surface area contributed by atoms with Crippen molar-refractivity contribution in [2.24, 2.45) is 11.8 Å². The van der Waals surface area contributed by atoms with Gasteiger partial charge in [-0.2, -0.15) is 5.10 Å². The molecule has 1 amide bonds.